The number of rotatable bonds is 4. The van der Waals surface area contributed by atoms with Crippen molar-refractivity contribution in [2.45, 2.75) is 76.7 Å². The van der Waals surface area contributed by atoms with Gasteiger partial charge in [0.25, 0.3) is 0 Å². The number of nitrogens with one attached hydrogen (secondary N) is 2. The van der Waals surface area contributed by atoms with Crippen LogP contribution in [0.15, 0.2) is 30.3 Å². The lowest BCUT2D eigenvalue weighted by molar-refractivity contribution is -0.136. The molecule has 1 amide bonds. The molecule has 4 rings (SSSR count). The molecule has 0 spiro atoms. The fraction of sp³-hybridized carbons (Fsp3) is 0.720. The molecule has 0 radical (unpaired) electrons. The van der Waals surface area contributed by atoms with Crippen LogP contribution in [0.5, 0.6) is 0 Å². The second kappa shape index (κ2) is 10.1. The van der Waals surface area contributed by atoms with Crippen LogP contribution in [-0.2, 0) is 14.9 Å². The maximum Gasteiger partial charge on any atom is 0.226 e. The van der Waals surface area contributed by atoms with E-state index >= 15 is 0 Å². The van der Waals surface area contributed by atoms with Gasteiger partial charge in [0.15, 0.2) is 0 Å². The Morgan fingerprint density at radius 2 is 1.86 bits per heavy atom. The van der Waals surface area contributed by atoms with E-state index in [1.54, 1.807) is 7.11 Å². The number of carbonyl (C=O) groups is 1. The van der Waals surface area contributed by atoms with Crippen molar-refractivity contribution in [1.29, 1.82) is 0 Å². The topological polar surface area (TPSA) is 50.4 Å². The molecule has 1 saturated heterocycles. The van der Waals surface area contributed by atoms with Crippen LogP contribution in [0, 0.1) is 11.3 Å². The van der Waals surface area contributed by atoms with Gasteiger partial charge in [-0.1, -0.05) is 50.1 Å². The van der Waals surface area contributed by atoms with Crippen LogP contribution in [0.1, 0.15) is 70.8 Å². The largest absolute Gasteiger partial charge is 0.385 e. The zero-order valence-corrected chi connectivity index (χ0v) is 18.6. The SMILES string of the molecule is CC1(C(=O)NC2CCNCC2)CC2CCCC(c3ccccc3)(C2)C1.CCOC. The Hall–Kier alpha value is -1.39. The zero-order chi connectivity index (χ0) is 20.7. The Balaban J connectivity index is 0.000000552. The Kier molecular flexibility index (Phi) is 7.75. The van der Waals surface area contributed by atoms with Crippen LogP contribution in [-0.4, -0.2) is 38.8 Å². The lowest BCUT2D eigenvalue weighted by Crippen LogP contribution is -2.54. The number of ether oxygens (including phenoxy) is 1. The summed E-state index contributed by atoms with van der Waals surface area (Å²) in [6.45, 7) is 7.06. The van der Waals surface area contributed by atoms with Crippen molar-refractivity contribution in [1.82, 2.24) is 10.6 Å². The number of methoxy groups -OCH3 is 1. The Labute approximate surface area is 177 Å². The molecule has 2 saturated carbocycles. The van der Waals surface area contributed by atoms with Gasteiger partial charge in [-0.05, 0) is 75.4 Å². The molecule has 4 nitrogen and oxygen atoms in total. The standard InChI is InChI=1S/C22H32N2O.C3H8O/c1-21(20(25)24-19-9-12-23-13-10-19)14-17-6-5-11-22(15-17,16-21)18-7-3-2-4-8-18;1-3-4-2/h2-4,7-8,17,19,23H,5-6,9-16H2,1H3,(H,24,25);3H2,1-2H3. The monoisotopic (exact) mass is 400 g/mol. The lowest BCUT2D eigenvalue weighted by atomic mass is 9.52. The van der Waals surface area contributed by atoms with Crippen LogP contribution < -0.4 is 10.6 Å². The summed E-state index contributed by atoms with van der Waals surface area (Å²) in [5.41, 5.74) is 1.45. The fourth-order valence-electron chi connectivity index (χ4n) is 5.93. The van der Waals surface area contributed by atoms with Gasteiger partial charge in [0.1, 0.15) is 0 Å². The van der Waals surface area contributed by atoms with Gasteiger partial charge in [-0.15, -0.1) is 0 Å². The highest BCUT2D eigenvalue weighted by molar-refractivity contribution is 5.83. The number of fused-ring (bicyclic) bond motifs is 2. The number of piperidine rings is 1. The number of hydrogen-bond acceptors (Lipinski definition) is 3. The normalized spacial score (nSPS) is 32.0. The molecule has 3 atom stereocenters. The molecule has 1 aromatic carbocycles. The molecule has 2 bridgehead atoms. The zero-order valence-electron chi connectivity index (χ0n) is 18.6. The highest BCUT2D eigenvalue weighted by Gasteiger charge is 2.51. The molecule has 3 fully saturated rings. The highest BCUT2D eigenvalue weighted by Crippen LogP contribution is 2.56. The van der Waals surface area contributed by atoms with Crippen LogP contribution in [0.25, 0.3) is 0 Å². The predicted octanol–water partition coefficient (Wildman–Crippen LogP) is 4.44. The van der Waals surface area contributed by atoms with Crippen molar-refractivity contribution in [2.24, 2.45) is 11.3 Å². The van der Waals surface area contributed by atoms with E-state index in [1.165, 1.54) is 31.2 Å². The second-order valence-corrected chi connectivity index (χ2v) is 9.63. The summed E-state index contributed by atoms with van der Waals surface area (Å²) < 4.78 is 4.54. The van der Waals surface area contributed by atoms with Crippen LogP contribution >= 0.6 is 0 Å². The first-order chi connectivity index (χ1) is 14.0. The summed E-state index contributed by atoms with van der Waals surface area (Å²) in [4.78, 5) is 13.3. The molecule has 29 heavy (non-hydrogen) atoms. The number of carbonyl (C=O) groups excluding carboxylic acids is 1. The van der Waals surface area contributed by atoms with Crippen molar-refractivity contribution in [3.63, 3.8) is 0 Å². The van der Waals surface area contributed by atoms with Gasteiger partial charge in [0.05, 0.1) is 0 Å². The average Bonchev–Trinajstić information content (AvgIpc) is 2.75. The summed E-state index contributed by atoms with van der Waals surface area (Å²) in [6, 6.07) is 11.4. The minimum absolute atomic E-state index is 0.211. The molecule has 3 unspecified atom stereocenters. The van der Waals surface area contributed by atoms with E-state index in [0.717, 1.165) is 45.4 Å². The lowest BCUT2D eigenvalue weighted by Gasteiger charge is -2.52. The molecule has 1 aliphatic heterocycles. The highest BCUT2D eigenvalue weighted by atomic mass is 16.5. The van der Waals surface area contributed by atoms with E-state index in [4.69, 9.17) is 0 Å². The van der Waals surface area contributed by atoms with Crippen molar-refractivity contribution in [3.8, 4) is 0 Å². The molecule has 162 valence electrons. The molecular formula is C25H40N2O2. The van der Waals surface area contributed by atoms with Gasteiger partial charge < -0.3 is 15.4 Å². The van der Waals surface area contributed by atoms with Gasteiger partial charge in [0, 0.05) is 25.2 Å². The quantitative estimate of drug-likeness (QED) is 0.786. The minimum atomic E-state index is -0.218. The first-order valence-corrected chi connectivity index (χ1v) is 11.6. The molecule has 0 aromatic heterocycles. The summed E-state index contributed by atoms with van der Waals surface area (Å²) >= 11 is 0. The van der Waals surface area contributed by atoms with E-state index in [2.05, 4.69) is 52.6 Å². The van der Waals surface area contributed by atoms with Gasteiger partial charge in [-0.3, -0.25) is 4.79 Å². The maximum absolute atomic E-state index is 13.3. The Bertz CT molecular complexity index is 641. The van der Waals surface area contributed by atoms with Gasteiger partial charge >= 0.3 is 0 Å². The third-order valence-corrected chi connectivity index (χ3v) is 7.31. The van der Waals surface area contributed by atoms with E-state index in [-0.39, 0.29) is 10.8 Å². The summed E-state index contributed by atoms with van der Waals surface area (Å²) in [5, 5.41) is 6.79. The molecule has 3 aliphatic rings. The average molecular weight is 401 g/mol. The first-order valence-electron chi connectivity index (χ1n) is 11.6. The fourth-order valence-corrected chi connectivity index (χ4v) is 5.93. The minimum Gasteiger partial charge on any atom is -0.385 e. The smallest absolute Gasteiger partial charge is 0.226 e. The third-order valence-electron chi connectivity index (χ3n) is 7.31. The van der Waals surface area contributed by atoms with Crippen molar-refractivity contribution in [2.75, 3.05) is 26.8 Å². The molecule has 1 heterocycles. The Morgan fingerprint density at radius 1 is 1.17 bits per heavy atom. The number of benzene rings is 1. The summed E-state index contributed by atoms with van der Waals surface area (Å²) in [6.07, 6.45) is 9.33. The van der Waals surface area contributed by atoms with E-state index in [1.807, 2.05) is 6.92 Å². The molecule has 2 aliphatic carbocycles. The third kappa shape index (κ3) is 5.40. The molecule has 2 N–H and O–H groups in total. The summed E-state index contributed by atoms with van der Waals surface area (Å²) in [5.74, 6) is 1.01. The van der Waals surface area contributed by atoms with Crippen molar-refractivity contribution in [3.05, 3.63) is 35.9 Å². The molecule has 4 heteroatoms. The van der Waals surface area contributed by atoms with Gasteiger partial charge in [-0.25, -0.2) is 0 Å². The maximum atomic E-state index is 13.3. The van der Waals surface area contributed by atoms with Gasteiger partial charge in [-0.2, -0.15) is 0 Å². The Morgan fingerprint density at radius 3 is 2.52 bits per heavy atom. The van der Waals surface area contributed by atoms with Crippen LogP contribution in [0.3, 0.4) is 0 Å². The van der Waals surface area contributed by atoms with Crippen molar-refractivity contribution >= 4 is 5.91 Å². The van der Waals surface area contributed by atoms with E-state index in [0.29, 0.717) is 17.9 Å². The molecule has 1 aromatic rings. The first kappa shape index (κ1) is 22.3. The molecular weight excluding hydrogens is 360 g/mol. The number of hydrogen-bond donors (Lipinski definition) is 2. The summed E-state index contributed by atoms with van der Waals surface area (Å²) in [7, 11) is 1.68. The number of amides is 1. The van der Waals surface area contributed by atoms with Crippen LogP contribution in [0.4, 0.5) is 0 Å². The van der Waals surface area contributed by atoms with Gasteiger partial charge in [0.2, 0.25) is 5.91 Å². The predicted molar refractivity (Wildman–Crippen MR) is 119 cm³/mol. The van der Waals surface area contributed by atoms with E-state index < -0.39 is 0 Å². The second-order valence-electron chi connectivity index (χ2n) is 9.63. The van der Waals surface area contributed by atoms with E-state index in [9.17, 15) is 4.79 Å². The van der Waals surface area contributed by atoms with Crippen molar-refractivity contribution < 1.29 is 9.53 Å². The van der Waals surface area contributed by atoms with Crippen LogP contribution in [0.2, 0.25) is 0 Å².